The quantitative estimate of drug-likeness (QED) is 0.844. The molecule has 3 nitrogen and oxygen atoms in total. The summed E-state index contributed by atoms with van der Waals surface area (Å²) < 4.78 is 1.04. The van der Waals surface area contributed by atoms with Gasteiger partial charge in [0.2, 0.25) is 5.13 Å². The molecule has 0 bridgehead atoms. The van der Waals surface area contributed by atoms with Crippen LogP contribution < -0.4 is 5.32 Å². The van der Waals surface area contributed by atoms with Gasteiger partial charge < -0.3 is 5.32 Å². The highest BCUT2D eigenvalue weighted by atomic mass is 32.2. The molecule has 1 aliphatic rings. The average molecular weight is 291 g/mol. The van der Waals surface area contributed by atoms with E-state index in [1.807, 2.05) is 0 Å². The van der Waals surface area contributed by atoms with E-state index in [9.17, 15) is 0 Å². The van der Waals surface area contributed by atoms with Crippen molar-refractivity contribution in [2.24, 2.45) is 0 Å². The highest BCUT2D eigenvalue weighted by Gasteiger charge is 2.22. The van der Waals surface area contributed by atoms with Crippen LogP contribution in [-0.4, -0.2) is 16.2 Å². The van der Waals surface area contributed by atoms with Crippen molar-refractivity contribution in [1.29, 1.82) is 0 Å². The standard InChI is InChI=1S/C14H17N3S2/c1-9-5-10(2)7-11(6-9)8-18-14-17-16-13(19-14)15-12-3-4-12/h5-7,12H,3-4,8H2,1-2H3,(H,15,16). The van der Waals surface area contributed by atoms with Crippen LogP contribution in [-0.2, 0) is 5.75 Å². The molecule has 0 aliphatic heterocycles. The van der Waals surface area contributed by atoms with Crippen molar-refractivity contribution in [2.45, 2.75) is 42.8 Å². The second-order valence-corrected chi connectivity index (χ2v) is 7.28. The van der Waals surface area contributed by atoms with Crippen molar-refractivity contribution in [3.63, 3.8) is 0 Å². The van der Waals surface area contributed by atoms with Gasteiger partial charge >= 0.3 is 0 Å². The Bertz CT molecular complexity index is 556. The van der Waals surface area contributed by atoms with Gasteiger partial charge in [0.25, 0.3) is 0 Å². The second-order valence-electron chi connectivity index (χ2n) is 5.08. The van der Waals surface area contributed by atoms with E-state index in [4.69, 9.17) is 0 Å². The highest BCUT2D eigenvalue weighted by molar-refractivity contribution is 8.00. The Morgan fingerprint density at radius 3 is 2.63 bits per heavy atom. The maximum atomic E-state index is 4.23. The summed E-state index contributed by atoms with van der Waals surface area (Å²) in [6.07, 6.45) is 2.54. The molecule has 2 aromatic rings. The summed E-state index contributed by atoms with van der Waals surface area (Å²) in [4.78, 5) is 0. The Hall–Kier alpha value is -1.07. The van der Waals surface area contributed by atoms with Crippen LogP contribution in [0, 0.1) is 13.8 Å². The molecule has 1 fully saturated rings. The van der Waals surface area contributed by atoms with Crippen LogP contribution in [0.1, 0.15) is 29.5 Å². The van der Waals surface area contributed by atoms with Crippen molar-refractivity contribution in [2.75, 3.05) is 5.32 Å². The number of nitrogens with one attached hydrogen (secondary N) is 1. The molecular formula is C14H17N3S2. The van der Waals surface area contributed by atoms with Crippen LogP contribution in [0.2, 0.25) is 0 Å². The zero-order valence-corrected chi connectivity index (χ0v) is 12.8. The molecule has 100 valence electrons. The first-order chi connectivity index (χ1) is 9.19. The van der Waals surface area contributed by atoms with Crippen molar-refractivity contribution in [3.05, 3.63) is 34.9 Å². The summed E-state index contributed by atoms with van der Waals surface area (Å²) in [7, 11) is 0. The highest BCUT2D eigenvalue weighted by Crippen LogP contribution is 2.31. The minimum Gasteiger partial charge on any atom is -0.357 e. The third kappa shape index (κ3) is 3.70. The molecule has 0 amide bonds. The van der Waals surface area contributed by atoms with Crippen LogP contribution in [0.3, 0.4) is 0 Å². The van der Waals surface area contributed by atoms with Crippen molar-refractivity contribution < 1.29 is 0 Å². The second kappa shape index (κ2) is 5.51. The number of rotatable bonds is 5. The molecule has 1 aliphatic carbocycles. The van der Waals surface area contributed by atoms with E-state index in [2.05, 4.69) is 47.6 Å². The molecule has 1 heterocycles. The number of nitrogens with zero attached hydrogens (tertiary/aromatic N) is 2. The minimum atomic E-state index is 0.644. The summed E-state index contributed by atoms with van der Waals surface area (Å²) in [6, 6.07) is 7.33. The molecule has 0 spiro atoms. The molecule has 3 rings (SSSR count). The lowest BCUT2D eigenvalue weighted by Gasteiger charge is -2.03. The molecule has 1 aromatic carbocycles. The zero-order valence-electron chi connectivity index (χ0n) is 11.1. The Kier molecular flexibility index (Phi) is 3.75. The van der Waals surface area contributed by atoms with Gasteiger partial charge in [0.1, 0.15) is 0 Å². The lowest BCUT2D eigenvalue weighted by atomic mass is 10.1. The van der Waals surface area contributed by atoms with Gasteiger partial charge in [-0.2, -0.15) is 0 Å². The molecule has 1 aromatic heterocycles. The number of hydrogen-bond acceptors (Lipinski definition) is 5. The van der Waals surface area contributed by atoms with Gasteiger partial charge in [0.05, 0.1) is 0 Å². The number of anilines is 1. The van der Waals surface area contributed by atoms with E-state index in [1.54, 1.807) is 23.1 Å². The fourth-order valence-electron chi connectivity index (χ4n) is 2.03. The molecule has 0 atom stereocenters. The van der Waals surface area contributed by atoms with E-state index in [-0.39, 0.29) is 0 Å². The lowest BCUT2D eigenvalue weighted by Crippen LogP contribution is -1.99. The smallest absolute Gasteiger partial charge is 0.206 e. The monoisotopic (exact) mass is 291 g/mol. The Morgan fingerprint density at radius 1 is 1.21 bits per heavy atom. The topological polar surface area (TPSA) is 37.8 Å². The predicted molar refractivity (Wildman–Crippen MR) is 82.0 cm³/mol. The fourth-order valence-corrected chi connectivity index (χ4v) is 3.79. The van der Waals surface area contributed by atoms with E-state index in [0.717, 1.165) is 15.2 Å². The number of benzene rings is 1. The van der Waals surface area contributed by atoms with E-state index in [1.165, 1.54) is 29.5 Å². The Morgan fingerprint density at radius 2 is 1.95 bits per heavy atom. The predicted octanol–water partition coefficient (Wildman–Crippen LogP) is 4.02. The van der Waals surface area contributed by atoms with Crippen molar-refractivity contribution >= 4 is 28.2 Å². The van der Waals surface area contributed by atoms with Crippen molar-refractivity contribution in [1.82, 2.24) is 10.2 Å². The molecular weight excluding hydrogens is 274 g/mol. The summed E-state index contributed by atoms with van der Waals surface area (Å²) >= 11 is 3.42. The molecule has 0 saturated heterocycles. The van der Waals surface area contributed by atoms with Gasteiger partial charge in [-0.1, -0.05) is 52.4 Å². The number of hydrogen-bond donors (Lipinski definition) is 1. The number of thioether (sulfide) groups is 1. The third-order valence-corrected chi connectivity index (χ3v) is 5.01. The van der Waals surface area contributed by atoms with Crippen LogP contribution >= 0.6 is 23.1 Å². The average Bonchev–Trinajstić information content (AvgIpc) is 3.03. The van der Waals surface area contributed by atoms with Crippen molar-refractivity contribution in [3.8, 4) is 0 Å². The Labute approximate surface area is 121 Å². The van der Waals surface area contributed by atoms with Crippen LogP contribution in [0.5, 0.6) is 0 Å². The SMILES string of the molecule is Cc1cc(C)cc(CSc2nnc(NC3CC3)s2)c1. The molecule has 1 N–H and O–H groups in total. The van der Waals surface area contributed by atoms with Gasteiger partial charge in [-0.25, -0.2) is 0 Å². The largest absolute Gasteiger partial charge is 0.357 e. The summed E-state index contributed by atoms with van der Waals surface area (Å²) in [5.41, 5.74) is 4.00. The van der Waals surface area contributed by atoms with Crippen LogP contribution in [0.15, 0.2) is 22.5 Å². The molecule has 5 heteroatoms. The molecule has 0 unspecified atom stereocenters. The summed E-state index contributed by atoms with van der Waals surface area (Å²) in [6.45, 7) is 4.29. The third-order valence-electron chi connectivity index (χ3n) is 2.96. The number of aromatic nitrogens is 2. The first-order valence-corrected chi connectivity index (χ1v) is 8.29. The van der Waals surface area contributed by atoms with E-state index >= 15 is 0 Å². The zero-order chi connectivity index (χ0) is 13.2. The molecule has 0 radical (unpaired) electrons. The first kappa shape index (κ1) is 12.9. The normalized spacial score (nSPS) is 14.6. The fraction of sp³-hybridized carbons (Fsp3) is 0.429. The van der Waals surface area contributed by atoms with E-state index in [0.29, 0.717) is 6.04 Å². The van der Waals surface area contributed by atoms with Gasteiger partial charge in [-0.3, -0.25) is 0 Å². The van der Waals surface area contributed by atoms with Gasteiger partial charge in [-0.05, 0) is 32.3 Å². The molecule has 19 heavy (non-hydrogen) atoms. The first-order valence-electron chi connectivity index (χ1n) is 6.49. The summed E-state index contributed by atoms with van der Waals surface area (Å²) in [5.74, 6) is 0.959. The maximum Gasteiger partial charge on any atom is 0.206 e. The van der Waals surface area contributed by atoms with Crippen LogP contribution in [0.4, 0.5) is 5.13 Å². The number of aryl methyl sites for hydroxylation is 2. The van der Waals surface area contributed by atoms with Gasteiger partial charge in [-0.15, -0.1) is 10.2 Å². The minimum absolute atomic E-state index is 0.644. The van der Waals surface area contributed by atoms with Gasteiger partial charge in [0.15, 0.2) is 4.34 Å². The van der Waals surface area contributed by atoms with Crippen LogP contribution in [0.25, 0.3) is 0 Å². The summed E-state index contributed by atoms with van der Waals surface area (Å²) in [5, 5.41) is 12.8. The van der Waals surface area contributed by atoms with E-state index < -0.39 is 0 Å². The maximum absolute atomic E-state index is 4.23. The molecule has 1 saturated carbocycles. The lowest BCUT2D eigenvalue weighted by molar-refractivity contribution is 0.994. The van der Waals surface area contributed by atoms with Gasteiger partial charge in [0, 0.05) is 11.8 Å². The Balaban J connectivity index is 1.60.